The van der Waals surface area contributed by atoms with E-state index in [0.29, 0.717) is 6.54 Å². The van der Waals surface area contributed by atoms with Gasteiger partial charge in [-0.2, -0.15) is 0 Å². The topological polar surface area (TPSA) is 108 Å². The molecule has 0 bridgehead atoms. The predicted molar refractivity (Wildman–Crippen MR) is 87.6 cm³/mol. The molecule has 0 saturated carbocycles. The second-order valence-corrected chi connectivity index (χ2v) is 5.19. The molecule has 0 fully saturated rings. The number of amides is 1. The van der Waals surface area contributed by atoms with E-state index in [1.807, 2.05) is 6.92 Å². The third-order valence-corrected chi connectivity index (χ3v) is 2.85. The molecule has 8 nitrogen and oxygen atoms in total. The highest BCUT2D eigenvalue weighted by atomic mass is 16.6. The molecule has 1 N–H and O–H groups in total. The van der Waals surface area contributed by atoms with E-state index in [1.165, 1.54) is 12.1 Å². The van der Waals surface area contributed by atoms with Crippen LogP contribution in [-0.4, -0.2) is 30.4 Å². The van der Waals surface area contributed by atoms with Gasteiger partial charge in [-0.1, -0.05) is 13.3 Å². The Morgan fingerprint density at radius 1 is 0.880 bits per heavy atom. The van der Waals surface area contributed by atoms with Crippen molar-refractivity contribution < 1.29 is 33.4 Å². The van der Waals surface area contributed by atoms with E-state index in [9.17, 15) is 19.2 Å². The first kappa shape index (κ1) is 20.1. The Bertz CT molecular complexity index is 645. The second kappa shape index (κ2) is 9.41. The van der Waals surface area contributed by atoms with Crippen molar-refractivity contribution in [1.29, 1.82) is 0 Å². The molecule has 1 amide bonds. The SMILES string of the molecule is CCCCNC(=O)c1cc(OC(C)=O)c(OC(C)=O)c(OC(C)=O)c1. The molecule has 0 aliphatic heterocycles. The summed E-state index contributed by atoms with van der Waals surface area (Å²) >= 11 is 0. The number of hydrogen-bond donors (Lipinski definition) is 1. The summed E-state index contributed by atoms with van der Waals surface area (Å²) in [5.74, 6) is -3.16. The minimum atomic E-state index is -0.707. The summed E-state index contributed by atoms with van der Waals surface area (Å²) in [5.41, 5.74) is 0.0968. The zero-order valence-electron chi connectivity index (χ0n) is 14.6. The monoisotopic (exact) mass is 351 g/mol. The summed E-state index contributed by atoms with van der Waals surface area (Å²) in [6.45, 7) is 5.89. The lowest BCUT2D eigenvalue weighted by Crippen LogP contribution is -2.24. The Kier molecular flexibility index (Phi) is 7.58. The summed E-state index contributed by atoms with van der Waals surface area (Å²) in [7, 11) is 0. The van der Waals surface area contributed by atoms with Crippen LogP contribution in [0.25, 0.3) is 0 Å². The van der Waals surface area contributed by atoms with E-state index in [4.69, 9.17) is 14.2 Å². The van der Waals surface area contributed by atoms with Gasteiger partial charge in [0.2, 0.25) is 5.75 Å². The molecule has 0 spiro atoms. The molecule has 8 heteroatoms. The first-order valence-corrected chi connectivity index (χ1v) is 7.76. The van der Waals surface area contributed by atoms with Crippen molar-refractivity contribution in [3.8, 4) is 17.2 Å². The molecule has 25 heavy (non-hydrogen) atoms. The van der Waals surface area contributed by atoms with Crippen LogP contribution < -0.4 is 19.5 Å². The Morgan fingerprint density at radius 3 is 1.76 bits per heavy atom. The van der Waals surface area contributed by atoms with Crippen LogP contribution in [0, 0.1) is 0 Å². The van der Waals surface area contributed by atoms with Crippen LogP contribution in [0.15, 0.2) is 12.1 Å². The van der Waals surface area contributed by atoms with Gasteiger partial charge >= 0.3 is 17.9 Å². The lowest BCUT2D eigenvalue weighted by atomic mass is 10.1. The first-order chi connectivity index (χ1) is 11.7. The lowest BCUT2D eigenvalue weighted by Gasteiger charge is -2.15. The molecular weight excluding hydrogens is 330 g/mol. The number of hydrogen-bond acceptors (Lipinski definition) is 7. The second-order valence-electron chi connectivity index (χ2n) is 5.19. The molecule has 1 aromatic carbocycles. The lowest BCUT2D eigenvalue weighted by molar-refractivity contribution is -0.135. The van der Waals surface area contributed by atoms with Crippen molar-refractivity contribution >= 4 is 23.8 Å². The summed E-state index contributed by atoms with van der Waals surface area (Å²) in [6.07, 6.45) is 1.70. The summed E-state index contributed by atoms with van der Waals surface area (Å²) in [5, 5.41) is 2.69. The Balaban J connectivity index is 3.34. The average molecular weight is 351 g/mol. The number of ether oxygens (including phenoxy) is 3. The molecule has 136 valence electrons. The van der Waals surface area contributed by atoms with Gasteiger partial charge in [0.1, 0.15) is 0 Å². The summed E-state index contributed by atoms with van der Waals surface area (Å²) in [4.78, 5) is 46.1. The van der Waals surface area contributed by atoms with Crippen molar-refractivity contribution in [2.24, 2.45) is 0 Å². The Morgan fingerprint density at radius 2 is 1.36 bits per heavy atom. The van der Waals surface area contributed by atoms with Crippen LogP contribution >= 0.6 is 0 Å². The van der Waals surface area contributed by atoms with Gasteiger partial charge in [0.25, 0.3) is 5.91 Å². The minimum Gasteiger partial charge on any atom is -0.423 e. The van der Waals surface area contributed by atoms with Gasteiger partial charge in [-0.05, 0) is 18.6 Å². The van der Waals surface area contributed by atoms with Crippen LogP contribution in [0.2, 0.25) is 0 Å². The van der Waals surface area contributed by atoms with E-state index >= 15 is 0 Å². The summed E-state index contributed by atoms with van der Waals surface area (Å²) < 4.78 is 15.0. The van der Waals surface area contributed by atoms with Gasteiger partial charge < -0.3 is 19.5 Å². The standard InChI is InChI=1S/C17H21NO7/c1-5-6-7-18-17(22)13-8-14(23-10(2)19)16(25-12(4)21)15(9-13)24-11(3)20/h8-9H,5-7H2,1-4H3,(H,18,22). The van der Waals surface area contributed by atoms with E-state index in [0.717, 1.165) is 33.6 Å². The minimum absolute atomic E-state index is 0.0968. The number of carbonyl (C=O) groups is 4. The smallest absolute Gasteiger partial charge is 0.308 e. The maximum Gasteiger partial charge on any atom is 0.308 e. The molecule has 0 atom stereocenters. The molecule has 0 aliphatic rings. The number of benzene rings is 1. The van der Waals surface area contributed by atoms with Crippen molar-refractivity contribution in [3.63, 3.8) is 0 Å². The predicted octanol–water partition coefficient (Wildman–Crippen LogP) is 1.99. The van der Waals surface area contributed by atoms with Crippen LogP contribution in [0.3, 0.4) is 0 Å². The largest absolute Gasteiger partial charge is 0.423 e. The highest BCUT2D eigenvalue weighted by molar-refractivity contribution is 5.96. The van der Waals surface area contributed by atoms with Crippen molar-refractivity contribution in [3.05, 3.63) is 17.7 Å². The quantitative estimate of drug-likeness (QED) is 0.454. The fraction of sp³-hybridized carbons (Fsp3) is 0.412. The molecule has 0 aromatic heterocycles. The maximum absolute atomic E-state index is 12.2. The zero-order valence-corrected chi connectivity index (χ0v) is 14.6. The number of esters is 3. The van der Waals surface area contributed by atoms with Crippen LogP contribution in [-0.2, 0) is 14.4 Å². The first-order valence-electron chi connectivity index (χ1n) is 7.76. The van der Waals surface area contributed by atoms with Gasteiger partial charge in [0.15, 0.2) is 11.5 Å². The molecule has 0 aliphatic carbocycles. The number of rotatable bonds is 7. The molecule has 1 rings (SSSR count). The Hall–Kier alpha value is -2.90. The highest BCUT2D eigenvalue weighted by Crippen LogP contribution is 2.39. The number of carbonyl (C=O) groups excluding carboxylic acids is 4. The van der Waals surface area contributed by atoms with Crippen molar-refractivity contribution in [2.75, 3.05) is 6.54 Å². The molecule has 0 heterocycles. The fourth-order valence-corrected chi connectivity index (χ4v) is 1.89. The van der Waals surface area contributed by atoms with Crippen LogP contribution in [0.4, 0.5) is 0 Å². The van der Waals surface area contributed by atoms with Gasteiger partial charge in [-0.3, -0.25) is 19.2 Å². The van der Waals surface area contributed by atoms with E-state index < -0.39 is 23.8 Å². The molecule has 0 unspecified atom stereocenters. The summed E-state index contributed by atoms with van der Waals surface area (Å²) in [6, 6.07) is 2.49. The van der Waals surface area contributed by atoms with Crippen molar-refractivity contribution in [1.82, 2.24) is 5.32 Å². The normalized spacial score (nSPS) is 9.92. The Labute approximate surface area is 145 Å². The molecule has 1 aromatic rings. The third-order valence-electron chi connectivity index (χ3n) is 2.85. The van der Waals surface area contributed by atoms with Gasteiger partial charge in [0, 0.05) is 32.9 Å². The molecule has 0 saturated heterocycles. The van der Waals surface area contributed by atoms with Crippen LogP contribution in [0.5, 0.6) is 17.2 Å². The van der Waals surface area contributed by atoms with E-state index in [2.05, 4.69) is 5.32 Å². The average Bonchev–Trinajstić information content (AvgIpc) is 2.48. The zero-order chi connectivity index (χ0) is 19.0. The number of unbranched alkanes of at least 4 members (excludes halogenated alkanes) is 1. The van der Waals surface area contributed by atoms with Crippen molar-refractivity contribution in [2.45, 2.75) is 40.5 Å². The third kappa shape index (κ3) is 6.62. The van der Waals surface area contributed by atoms with Gasteiger partial charge in [-0.15, -0.1) is 0 Å². The van der Waals surface area contributed by atoms with E-state index in [1.54, 1.807) is 0 Å². The number of nitrogens with one attached hydrogen (secondary N) is 1. The maximum atomic E-state index is 12.2. The van der Waals surface area contributed by atoms with E-state index in [-0.39, 0.29) is 22.8 Å². The van der Waals surface area contributed by atoms with Gasteiger partial charge in [-0.25, -0.2) is 0 Å². The highest BCUT2D eigenvalue weighted by Gasteiger charge is 2.22. The molecule has 0 radical (unpaired) electrons. The van der Waals surface area contributed by atoms with Gasteiger partial charge in [0.05, 0.1) is 0 Å². The molecular formula is C17H21NO7. The van der Waals surface area contributed by atoms with Crippen LogP contribution in [0.1, 0.15) is 50.9 Å². The fourth-order valence-electron chi connectivity index (χ4n) is 1.89.